The Balaban J connectivity index is 1.96. The van der Waals surface area contributed by atoms with Crippen LogP contribution in [0.3, 0.4) is 0 Å². The number of nitrogens with zero attached hydrogens (tertiary/aromatic N) is 4. The highest BCUT2D eigenvalue weighted by Crippen LogP contribution is 2.40. The maximum absolute atomic E-state index is 13.4. The predicted octanol–water partition coefficient (Wildman–Crippen LogP) is 3.97. The molecule has 1 unspecified atom stereocenters. The minimum Gasteiger partial charge on any atom is -0.497 e. The van der Waals surface area contributed by atoms with Gasteiger partial charge in [-0.1, -0.05) is 11.6 Å². The van der Waals surface area contributed by atoms with Crippen molar-refractivity contribution in [1.82, 2.24) is 14.9 Å². The number of carbonyl (C=O) groups is 1. The van der Waals surface area contributed by atoms with Gasteiger partial charge in [-0.3, -0.25) is 4.79 Å². The lowest BCUT2D eigenvalue weighted by Crippen LogP contribution is -2.32. The van der Waals surface area contributed by atoms with Gasteiger partial charge in [-0.05, 0) is 44.9 Å². The number of likely N-dealkylation sites (tertiary alicyclic amines) is 1. The SMILES string of the molecule is CCN(CC)c1ncc(Cl)c(C(=O)N2CCCC2c2cc(OC)ccc2OC)n1. The Labute approximate surface area is 176 Å². The number of hydrogen-bond donors (Lipinski definition) is 0. The lowest BCUT2D eigenvalue weighted by atomic mass is 10.0. The molecule has 1 atom stereocenters. The number of ether oxygens (including phenoxy) is 2. The number of aromatic nitrogens is 2. The number of halogens is 1. The van der Waals surface area contributed by atoms with Crippen molar-refractivity contribution >= 4 is 23.5 Å². The molecule has 1 aromatic carbocycles. The molecule has 0 N–H and O–H groups in total. The highest BCUT2D eigenvalue weighted by molar-refractivity contribution is 6.33. The zero-order valence-electron chi connectivity index (χ0n) is 17.3. The first kappa shape index (κ1) is 21.2. The average Bonchev–Trinajstić information content (AvgIpc) is 3.24. The van der Waals surface area contributed by atoms with E-state index in [1.54, 1.807) is 14.2 Å². The van der Waals surface area contributed by atoms with Gasteiger partial charge in [0.05, 0.1) is 31.5 Å². The number of amides is 1. The fourth-order valence-electron chi connectivity index (χ4n) is 3.74. The predicted molar refractivity (Wildman–Crippen MR) is 113 cm³/mol. The van der Waals surface area contributed by atoms with E-state index in [0.717, 1.165) is 43.0 Å². The van der Waals surface area contributed by atoms with Gasteiger partial charge >= 0.3 is 0 Å². The second-order valence-corrected chi connectivity index (χ2v) is 7.21. The Hall–Kier alpha value is -2.54. The molecule has 8 heteroatoms. The zero-order valence-corrected chi connectivity index (χ0v) is 18.1. The summed E-state index contributed by atoms with van der Waals surface area (Å²) in [6.07, 6.45) is 3.23. The van der Waals surface area contributed by atoms with Gasteiger partial charge < -0.3 is 19.3 Å². The first-order chi connectivity index (χ1) is 14.0. The third-order valence-electron chi connectivity index (χ3n) is 5.29. The summed E-state index contributed by atoms with van der Waals surface area (Å²) in [4.78, 5) is 26.0. The highest BCUT2D eigenvalue weighted by Gasteiger charge is 2.34. The zero-order chi connectivity index (χ0) is 21.0. The first-order valence-electron chi connectivity index (χ1n) is 9.84. The van der Waals surface area contributed by atoms with E-state index in [2.05, 4.69) is 9.97 Å². The van der Waals surface area contributed by atoms with Crippen LogP contribution in [0.25, 0.3) is 0 Å². The van der Waals surface area contributed by atoms with Crippen LogP contribution in [0.2, 0.25) is 5.02 Å². The number of hydrogen-bond acceptors (Lipinski definition) is 6. The summed E-state index contributed by atoms with van der Waals surface area (Å²) < 4.78 is 10.9. The topological polar surface area (TPSA) is 67.8 Å². The van der Waals surface area contributed by atoms with Crippen LogP contribution in [-0.4, -0.2) is 54.6 Å². The monoisotopic (exact) mass is 418 g/mol. The lowest BCUT2D eigenvalue weighted by molar-refractivity contribution is 0.0728. The normalized spacial score (nSPS) is 16.0. The molecular weight excluding hydrogens is 392 g/mol. The summed E-state index contributed by atoms with van der Waals surface area (Å²) in [5.74, 6) is 1.77. The average molecular weight is 419 g/mol. The molecule has 2 aromatic rings. The summed E-state index contributed by atoms with van der Waals surface area (Å²) in [5.41, 5.74) is 1.16. The van der Waals surface area contributed by atoms with Crippen molar-refractivity contribution in [2.24, 2.45) is 0 Å². The van der Waals surface area contributed by atoms with E-state index in [1.165, 1.54) is 6.20 Å². The fourth-order valence-corrected chi connectivity index (χ4v) is 3.91. The molecule has 2 heterocycles. The largest absolute Gasteiger partial charge is 0.497 e. The molecule has 0 spiro atoms. The maximum atomic E-state index is 13.4. The van der Waals surface area contributed by atoms with E-state index in [4.69, 9.17) is 21.1 Å². The van der Waals surface area contributed by atoms with Crippen LogP contribution < -0.4 is 14.4 Å². The van der Waals surface area contributed by atoms with Gasteiger partial charge in [0.2, 0.25) is 5.95 Å². The molecule has 0 aliphatic carbocycles. The molecule has 0 radical (unpaired) electrons. The minimum absolute atomic E-state index is 0.129. The van der Waals surface area contributed by atoms with Crippen molar-refractivity contribution in [2.45, 2.75) is 32.7 Å². The molecule has 1 aliphatic heterocycles. The second-order valence-electron chi connectivity index (χ2n) is 6.80. The molecule has 1 amide bonds. The Morgan fingerprint density at radius 1 is 1.28 bits per heavy atom. The van der Waals surface area contributed by atoms with Crippen LogP contribution in [0, 0.1) is 0 Å². The fraction of sp³-hybridized carbons (Fsp3) is 0.476. The second kappa shape index (κ2) is 9.31. The van der Waals surface area contributed by atoms with Gasteiger partial charge in [-0.25, -0.2) is 9.97 Å². The van der Waals surface area contributed by atoms with E-state index in [1.807, 2.05) is 41.8 Å². The van der Waals surface area contributed by atoms with E-state index in [-0.39, 0.29) is 22.7 Å². The molecule has 29 heavy (non-hydrogen) atoms. The van der Waals surface area contributed by atoms with Gasteiger partial charge in [-0.15, -0.1) is 0 Å². The lowest BCUT2D eigenvalue weighted by Gasteiger charge is -2.27. The summed E-state index contributed by atoms with van der Waals surface area (Å²) in [5, 5.41) is 0.258. The van der Waals surface area contributed by atoms with Crippen molar-refractivity contribution in [3.05, 3.63) is 40.7 Å². The van der Waals surface area contributed by atoms with Crippen LogP contribution in [0.15, 0.2) is 24.4 Å². The van der Waals surface area contributed by atoms with Gasteiger partial charge in [0.1, 0.15) is 11.5 Å². The minimum atomic E-state index is -0.196. The third-order valence-corrected chi connectivity index (χ3v) is 5.57. The number of carbonyl (C=O) groups excluding carboxylic acids is 1. The van der Waals surface area contributed by atoms with Crippen LogP contribution >= 0.6 is 11.6 Å². The van der Waals surface area contributed by atoms with Crippen molar-refractivity contribution < 1.29 is 14.3 Å². The van der Waals surface area contributed by atoms with E-state index in [9.17, 15) is 4.79 Å². The molecule has 1 saturated heterocycles. The van der Waals surface area contributed by atoms with Crippen LogP contribution in [0.1, 0.15) is 48.8 Å². The summed E-state index contributed by atoms with van der Waals surface area (Å²) in [6, 6.07) is 5.51. The van der Waals surface area contributed by atoms with E-state index in [0.29, 0.717) is 12.5 Å². The maximum Gasteiger partial charge on any atom is 0.274 e. The molecule has 0 bridgehead atoms. The molecule has 156 valence electrons. The number of methoxy groups -OCH3 is 2. The summed E-state index contributed by atoms with van der Waals surface area (Å²) in [6.45, 7) is 6.17. The Kier molecular flexibility index (Phi) is 6.79. The standard InChI is InChI=1S/C21H27ClN4O3/c1-5-25(6-2)21-23-13-16(22)19(24-21)20(27)26-11-7-8-17(26)15-12-14(28-3)9-10-18(15)29-4/h9-10,12-13,17H,5-8,11H2,1-4H3. The Morgan fingerprint density at radius 3 is 2.69 bits per heavy atom. The van der Waals surface area contributed by atoms with Crippen molar-refractivity contribution in [1.29, 1.82) is 0 Å². The van der Waals surface area contributed by atoms with Crippen molar-refractivity contribution in [3.63, 3.8) is 0 Å². The molecule has 7 nitrogen and oxygen atoms in total. The number of anilines is 1. The third kappa shape index (κ3) is 4.24. The Bertz CT molecular complexity index is 873. The van der Waals surface area contributed by atoms with Crippen LogP contribution in [0.5, 0.6) is 11.5 Å². The molecule has 1 fully saturated rings. The summed E-state index contributed by atoms with van der Waals surface area (Å²) in [7, 11) is 3.25. The van der Waals surface area contributed by atoms with E-state index >= 15 is 0 Å². The van der Waals surface area contributed by atoms with Gasteiger partial charge in [-0.2, -0.15) is 0 Å². The number of benzene rings is 1. The smallest absolute Gasteiger partial charge is 0.274 e. The van der Waals surface area contributed by atoms with Crippen molar-refractivity contribution in [2.75, 3.05) is 38.8 Å². The van der Waals surface area contributed by atoms with E-state index < -0.39 is 0 Å². The molecule has 1 aliphatic rings. The van der Waals surface area contributed by atoms with Gasteiger partial charge in [0, 0.05) is 25.2 Å². The van der Waals surface area contributed by atoms with Crippen LogP contribution in [0.4, 0.5) is 5.95 Å². The van der Waals surface area contributed by atoms with Crippen LogP contribution in [-0.2, 0) is 0 Å². The molecule has 3 rings (SSSR count). The number of rotatable bonds is 7. The highest BCUT2D eigenvalue weighted by atomic mass is 35.5. The Morgan fingerprint density at radius 2 is 2.03 bits per heavy atom. The summed E-state index contributed by atoms with van der Waals surface area (Å²) >= 11 is 6.32. The van der Waals surface area contributed by atoms with Gasteiger partial charge in [0.15, 0.2) is 5.69 Å². The quantitative estimate of drug-likeness (QED) is 0.677. The molecule has 0 saturated carbocycles. The van der Waals surface area contributed by atoms with Crippen molar-refractivity contribution in [3.8, 4) is 11.5 Å². The van der Waals surface area contributed by atoms with Gasteiger partial charge in [0.25, 0.3) is 5.91 Å². The molecule has 1 aromatic heterocycles. The molecular formula is C21H27ClN4O3. The first-order valence-corrected chi connectivity index (χ1v) is 10.2.